The van der Waals surface area contributed by atoms with Crippen LogP contribution in [0, 0.1) is 6.92 Å². The van der Waals surface area contributed by atoms with Crippen molar-refractivity contribution in [3.8, 4) is 11.5 Å². The average molecular weight is 274 g/mol. The summed E-state index contributed by atoms with van der Waals surface area (Å²) in [6.07, 6.45) is 0. The molecule has 0 radical (unpaired) electrons. The Kier molecular flexibility index (Phi) is 4.81. The summed E-state index contributed by atoms with van der Waals surface area (Å²) >= 11 is 6.19. The first-order chi connectivity index (χ1) is 8.47. The highest BCUT2D eigenvalue weighted by Crippen LogP contribution is 2.42. The number of aliphatic carboxylic acids is 1. The molecule has 0 aromatic heterocycles. The summed E-state index contributed by atoms with van der Waals surface area (Å²) in [4.78, 5) is 11.2. The van der Waals surface area contributed by atoms with Crippen LogP contribution in [0.4, 0.5) is 0 Å². The van der Waals surface area contributed by atoms with Gasteiger partial charge in [-0.3, -0.25) is 4.79 Å². The van der Waals surface area contributed by atoms with Crippen LogP contribution in [-0.4, -0.2) is 31.8 Å². The van der Waals surface area contributed by atoms with Gasteiger partial charge in [0.1, 0.15) is 0 Å². The number of ether oxygens (including phenoxy) is 2. The van der Waals surface area contributed by atoms with Crippen molar-refractivity contribution in [1.29, 1.82) is 0 Å². The van der Waals surface area contributed by atoms with Crippen LogP contribution in [0.5, 0.6) is 11.5 Å². The number of halogens is 1. The molecule has 5 nitrogen and oxygen atoms in total. The third-order valence-electron chi connectivity index (χ3n) is 2.74. The minimum atomic E-state index is -1.02. The maximum Gasteiger partial charge on any atom is 0.312 e. The second kappa shape index (κ2) is 5.93. The second-order valence-corrected chi connectivity index (χ2v) is 4.16. The van der Waals surface area contributed by atoms with Crippen molar-refractivity contribution in [2.45, 2.75) is 12.8 Å². The number of rotatable bonds is 5. The van der Waals surface area contributed by atoms with Crippen molar-refractivity contribution in [1.82, 2.24) is 0 Å². The van der Waals surface area contributed by atoms with Crippen molar-refractivity contribution in [2.24, 2.45) is 5.73 Å². The normalized spacial score (nSPS) is 12.1. The maximum absolute atomic E-state index is 11.2. The molecule has 0 saturated heterocycles. The van der Waals surface area contributed by atoms with Gasteiger partial charge in [-0.25, -0.2) is 0 Å². The van der Waals surface area contributed by atoms with Crippen molar-refractivity contribution >= 4 is 17.6 Å². The van der Waals surface area contributed by atoms with Crippen molar-refractivity contribution in [3.05, 3.63) is 22.2 Å². The van der Waals surface area contributed by atoms with E-state index < -0.39 is 11.9 Å². The van der Waals surface area contributed by atoms with Gasteiger partial charge in [0.25, 0.3) is 0 Å². The molecule has 100 valence electrons. The number of benzene rings is 1. The first kappa shape index (κ1) is 14.6. The Labute approximate surface area is 110 Å². The molecule has 0 aliphatic rings. The number of nitrogens with two attached hydrogens (primary N) is 1. The number of methoxy groups -OCH3 is 2. The van der Waals surface area contributed by atoms with E-state index in [-0.39, 0.29) is 11.6 Å². The Balaban J connectivity index is 3.49. The smallest absolute Gasteiger partial charge is 0.312 e. The van der Waals surface area contributed by atoms with Crippen LogP contribution in [0.15, 0.2) is 6.07 Å². The average Bonchev–Trinajstić information content (AvgIpc) is 2.33. The summed E-state index contributed by atoms with van der Waals surface area (Å²) in [6, 6.07) is 1.69. The summed E-state index contributed by atoms with van der Waals surface area (Å²) in [6.45, 7) is 1.72. The fourth-order valence-corrected chi connectivity index (χ4v) is 2.31. The molecule has 0 spiro atoms. The monoisotopic (exact) mass is 273 g/mol. The Morgan fingerprint density at radius 1 is 1.50 bits per heavy atom. The lowest BCUT2D eigenvalue weighted by Gasteiger charge is -2.19. The summed E-state index contributed by atoms with van der Waals surface area (Å²) in [7, 11) is 2.94. The van der Waals surface area contributed by atoms with Crippen LogP contribution in [-0.2, 0) is 4.79 Å². The van der Waals surface area contributed by atoms with Crippen molar-refractivity contribution < 1.29 is 19.4 Å². The first-order valence-corrected chi connectivity index (χ1v) is 5.69. The molecular formula is C12H16ClNO4. The molecule has 18 heavy (non-hydrogen) atoms. The highest BCUT2D eigenvalue weighted by Gasteiger charge is 2.26. The zero-order valence-corrected chi connectivity index (χ0v) is 11.2. The number of aryl methyl sites for hydroxylation is 1. The van der Waals surface area contributed by atoms with E-state index in [0.29, 0.717) is 22.6 Å². The molecule has 0 aliphatic heterocycles. The van der Waals surface area contributed by atoms with Crippen molar-refractivity contribution in [2.75, 3.05) is 20.8 Å². The highest BCUT2D eigenvalue weighted by atomic mass is 35.5. The van der Waals surface area contributed by atoms with Crippen LogP contribution in [0.1, 0.15) is 17.0 Å². The van der Waals surface area contributed by atoms with Gasteiger partial charge >= 0.3 is 5.97 Å². The van der Waals surface area contributed by atoms with Crippen LogP contribution in [0.2, 0.25) is 5.02 Å². The molecule has 0 aliphatic carbocycles. The molecule has 0 fully saturated rings. The summed E-state index contributed by atoms with van der Waals surface area (Å²) < 4.78 is 10.3. The number of carboxylic acids is 1. The van der Waals surface area contributed by atoms with Gasteiger partial charge in [-0.1, -0.05) is 11.6 Å². The largest absolute Gasteiger partial charge is 0.493 e. The molecule has 1 unspecified atom stereocenters. The van der Waals surface area contributed by atoms with E-state index in [1.54, 1.807) is 13.0 Å². The minimum absolute atomic E-state index is 0.0363. The number of hydrogen-bond acceptors (Lipinski definition) is 4. The van der Waals surface area contributed by atoms with Gasteiger partial charge in [0.15, 0.2) is 11.5 Å². The molecule has 1 aromatic rings. The van der Waals surface area contributed by atoms with E-state index >= 15 is 0 Å². The third-order valence-corrected chi connectivity index (χ3v) is 3.11. The molecular weight excluding hydrogens is 258 g/mol. The maximum atomic E-state index is 11.2. The van der Waals surface area contributed by atoms with Gasteiger partial charge in [-0.2, -0.15) is 0 Å². The Bertz CT molecular complexity index is 462. The first-order valence-electron chi connectivity index (χ1n) is 5.31. The molecule has 1 aromatic carbocycles. The lowest BCUT2D eigenvalue weighted by Crippen LogP contribution is -2.22. The summed E-state index contributed by atoms with van der Waals surface area (Å²) in [5.41, 5.74) is 6.66. The number of hydrogen-bond donors (Lipinski definition) is 2. The van der Waals surface area contributed by atoms with E-state index in [9.17, 15) is 4.79 Å². The number of carbonyl (C=O) groups is 1. The van der Waals surface area contributed by atoms with Crippen molar-refractivity contribution in [3.63, 3.8) is 0 Å². The van der Waals surface area contributed by atoms with E-state index in [2.05, 4.69) is 0 Å². The Hall–Kier alpha value is -1.46. The van der Waals surface area contributed by atoms with Crippen LogP contribution >= 0.6 is 11.6 Å². The SMILES string of the molecule is COc1cc(C)c(C(CN)C(=O)O)c(Cl)c1OC. The predicted octanol–water partition coefficient (Wildman–Crippen LogP) is 1.79. The number of carboxylic acid groups (broad SMARTS) is 1. The van der Waals surface area contributed by atoms with Crippen LogP contribution in [0.3, 0.4) is 0 Å². The Morgan fingerprint density at radius 2 is 2.11 bits per heavy atom. The molecule has 0 bridgehead atoms. The Morgan fingerprint density at radius 3 is 2.50 bits per heavy atom. The van der Waals surface area contributed by atoms with E-state index in [1.807, 2.05) is 0 Å². The van der Waals surface area contributed by atoms with Gasteiger partial charge in [0.2, 0.25) is 0 Å². The lowest BCUT2D eigenvalue weighted by atomic mass is 9.94. The fraction of sp³-hybridized carbons (Fsp3) is 0.417. The standard InChI is InChI=1S/C12H16ClNO4/c1-6-4-8(17-2)11(18-3)10(13)9(6)7(5-14)12(15)16/h4,7H,5,14H2,1-3H3,(H,15,16). The van der Waals surface area contributed by atoms with Gasteiger partial charge in [-0.15, -0.1) is 0 Å². The zero-order valence-electron chi connectivity index (χ0n) is 10.5. The molecule has 3 N–H and O–H groups in total. The quantitative estimate of drug-likeness (QED) is 0.855. The molecule has 6 heteroatoms. The molecule has 1 rings (SSSR count). The molecule has 0 saturated carbocycles. The van der Waals surface area contributed by atoms with E-state index in [0.717, 1.165) is 0 Å². The van der Waals surface area contributed by atoms with E-state index in [1.165, 1.54) is 14.2 Å². The van der Waals surface area contributed by atoms with Gasteiger partial charge in [0.05, 0.1) is 25.2 Å². The lowest BCUT2D eigenvalue weighted by molar-refractivity contribution is -0.138. The van der Waals surface area contributed by atoms with E-state index in [4.69, 9.17) is 31.9 Å². The van der Waals surface area contributed by atoms with Gasteiger partial charge < -0.3 is 20.3 Å². The molecule has 0 amide bonds. The molecule has 1 atom stereocenters. The predicted molar refractivity (Wildman–Crippen MR) is 68.7 cm³/mol. The summed E-state index contributed by atoms with van der Waals surface area (Å²) in [5, 5.41) is 9.38. The zero-order chi connectivity index (χ0) is 13.9. The second-order valence-electron chi connectivity index (χ2n) is 3.78. The van der Waals surface area contributed by atoms with Crippen LogP contribution in [0.25, 0.3) is 0 Å². The third kappa shape index (κ3) is 2.52. The fourth-order valence-electron chi connectivity index (χ4n) is 1.86. The van der Waals surface area contributed by atoms with Gasteiger partial charge in [-0.05, 0) is 24.1 Å². The minimum Gasteiger partial charge on any atom is -0.493 e. The van der Waals surface area contributed by atoms with Gasteiger partial charge in [0, 0.05) is 6.54 Å². The topological polar surface area (TPSA) is 81.8 Å². The van der Waals surface area contributed by atoms with Crippen LogP contribution < -0.4 is 15.2 Å². The molecule has 0 heterocycles. The summed E-state index contributed by atoms with van der Waals surface area (Å²) in [5.74, 6) is -1.10. The highest BCUT2D eigenvalue weighted by molar-refractivity contribution is 6.33.